The van der Waals surface area contributed by atoms with Gasteiger partial charge in [-0.15, -0.1) is 0 Å². The summed E-state index contributed by atoms with van der Waals surface area (Å²) in [7, 11) is 0. The molecular formula is C15H14N2O4. The van der Waals surface area contributed by atoms with Gasteiger partial charge in [-0.1, -0.05) is 23.4 Å². The summed E-state index contributed by atoms with van der Waals surface area (Å²) in [5, 5.41) is 2.82. The van der Waals surface area contributed by atoms with Crippen molar-refractivity contribution in [3.8, 4) is 5.69 Å². The number of benzene rings is 1. The molecule has 0 aliphatic heterocycles. The quantitative estimate of drug-likeness (QED) is 0.624. The summed E-state index contributed by atoms with van der Waals surface area (Å²) in [6.07, 6.45) is 0. The highest BCUT2D eigenvalue weighted by atomic mass is 16.5. The van der Waals surface area contributed by atoms with Crippen LogP contribution in [0.15, 0.2) is 52.4 Å². The van der Waals surface area contributed by atoms with Crippen molar-refractivity contribution in [2.45, 2.75) is 13.5 Å². The Morgan fingerprint density at radius 1 is 1.19 bits per heavy atom. The third-order valence-corrected chi connectivity index (χ3v) is 2.90. The van der Waals surface area contributed by atoms with Crippen LogP contribution >= 0.6 is 0 Å². The van der Waals surface area contributed by atoms with Gasteiger partial charge in [0, 0.05) is 5.69 Å². The van der Waals surface area contributed by atoms with E-state index in [0.29, 0.717) is 11.4 Å². The fourth-order valence-corrected chi connectivity index (χ4v) is 1.99. The largest absolute Gasteiger partial charge is 0.462 e. The van der Waals surface area contributed by atoms with Crippen molar-refractivity contribution in [1.29, 1.82) is 0 Å². The molecule has 0 amide bonds. The predicted molar refractivity (Wildman–Crippen MR) is 77.5 cm³/mol. The third kappa shape index (κ3) is 3.05. The number of hydrogen-bond acceptors (Lipinski definition) is 5. The van der Waals surface area contributed by atoms with Crippen molar-refractivity contribution in [3.63, 3.8) is 0 Å². The zero-order valence-corrected chi connectivity index (χ0v) is 11.5. The van der Waals surface area contributed by atoms with Crippen LogP contribution in [0.2, 0.25) is 0 Å². The molecule has 1 aromatic heterocycles. The number of rotatable bonds is 5. The first-order valence-corrected chi connectivity index (χ1v) is 6.45. The number of carbonyl (C=O) groups excluding carboxylic acids is 1. The van der Waals surface area contributed by atoms with Crippen molar-refractivity contribution in [2.24, 2.45) is 5.18 Å². The van der Waals surface area contributed by atoms with Crippen LogP contribution in [0, 0.1) is 4.91 Å². The van der Waals surface area contributed by atoms with Gasteiger partial charge in [0.05, 0.1) is 12.3 Å². The Kier molecular flexibility index (Phi) is 4.61. The number of esters is 1. The number of ether oxygens (including phenoxy) is 1. The van der Waals surface area contributed by atoms with Crippen LogP contribution in [0.25, 0.3) is 5.69 Å². The standard InChI is InChI=1S/C15H14N2O4/c1-2-21-15(19)13-9-8-12(10-16-20)17(14(13)18)11-6-4-3-5-7-11/h3-9H,2,10H2,1H3. The molecule has 6 heteroatoms. The molecule has 2 aromatic rings. The van der Waals surface area contributed by atoms with Crippen LogP contribution in [0.5, 0.6) is 0 Å². The van der Waals surface area contributed by atoms with Gasteiger partial charge in [0.25, 0.3) is 5.56 Å². The van der Waals surface area contributed by atoms with Crippen molar-refractivity contribution in [3.05, 3.63) is 69.0 Å². The van der Waals surface area contributed by atoms with E-state index in [1.165, 1.54) is 16.7 Å². The molecule has 0 unspecified atom stereocenters. The summed E-state index contributed by atoms with van der Waals surface area (Å²) >= 11 is 0. The molecule has 0 aliphatic rings. The van der Waals surface area contributed by atoms with Gasteiger partial charge < -0.3 is 4.74 Å². The Morgan fingerprint density at radius 2 is 1.90 bits per heavy atom. The van der Waals surface area contributed by atoms with E-state index >= 15 is 0 Å². The topological polar surface area (TPSA) is 77.7 Å². The molecule has 0 aliphatic carbocycles. The lowest BCUT2D eigenvalue weighted by atomic mass is 10.2. The molecule has 0 saturated heterocycles. The zero-order valence-electron chi connectivity index (χ0n) is 11.5. The van der Waals surface area contributed by atoms with Gasteiger partial charge in [0.15, 0.2) is 0 Å². The van der Waals surface area contributed by atoms with Crippen molar-refractivity contribution in [2.75, 3.05) is 6.61 Å². The highest BCUT2D eigenvalue weighted by Gasteiger charge is 2.17. The monoisotopic (exact) mass is 286 g/mol. The predicted octanol–water partition coefficient (Wildman–Crippen LogP) is 2.28. The molecule has 1 heterocycles. The van der Waals surface area contributed by atoms with E-state index < -0.39 is 11.5 Å². The normalized spacial score (nSPS) is 10.1. The molecular weight excluding hydrogens is 272 g/mol. The van der Waals surface area contributed by atoms with E-state index in [1.807, 2.05) is 0 Å². The van der Waals surface area contributed by atoms with Crippen LogP contribution in [0.3, 0.4) is 0 Å². The molecule has 2 rings (SSSR count). The van der Waals surface area contributed by atoms with Gasteiger partial charge in [-0.25, -0.2) is 4.79 Å². The molecule has 108 valence electrons. The highest BCUT2D eigenvalue weighted by Crippen LogP contribution is 2.11. The molecule has 0 bridgehead atoms. The number of pyridine rings is 1. The number of carbonyl (C=O) groups is 1. The van der Waals surface area contributed by atoms with Crippen molar-refractivity contribution >= 4 is 5.97 Å². The molecule has 1 aromatic carbocycles. The SMILES string of the molecule is CCOC(=O)c1ccc(CN=O)n(-c2ccccc2)c1=O. The summed E-state index contributed by atoms with van der Waals surface area (Å²) in [5.41, 5.74) is 0.373. The zero-order chi connectivity index (χ0) is 15.2. The molecule has 0 spiro atoms. The lowest BCUT2D eigenvalue weighted by Gasteiger charge is -2.12. The van der Waals surface area contributed by atoms with Gasteiger partial charge in [0.2, 0.25) is 0 Å². The van der Waals surface area contributed by atoms with Gasteiger partial charge in [-0.2, -0.15) is 4.91 Å². The highest BCUT2D eigenvalue weighted by molar-refractivity contribution is 5.89. The molecule has 6 nitrogen and oxygen atoms in total. The Bertz CT molecular complexity index is 707. The van der Waals surface area contributed by atoms with E-state index in [2.05, 4.69) is 5.18 Å². The van der Waals surface area contributed by atoms with Crippen molar-refractivity contribution in [1.82, 2.24) is 4.57 Å². The molecule has 0 N–H and O–H groups in total. The lowest BCUT2D eigenvalue weighted by molar-refractivity contribution is 0.0524. The summed E-state index contributed by atoms with van der Waals surface area (Å²) in [6, 6.07) is 11.6. The lowest BCUT2D eigenvalue weighted by Crippen LogP contribution is -2.28. The fraction of sp³-hybridized carbons (Fsp3) is 0.200. The molecule has 21 heavy (non-hydrogen) atoms. The summed E-state index contributed by atoms with van der Waals surface area (Å²) in [4.78, 5) is 34.8. The minimum atomic E-state index is -0.683. The first-order chi connectivity index (χ1) is 10.2. The van der Waals surface area contributed by atoms with Gasteiger partial charge in [-0.3, -0.25) is 9.36 Å². The maximum atomic E-state index is 12.5. The van der Waals surface area contributed by atoms with Gasteiger partial charge in [-0.05, 0) is 31.2 Å². The number of nitrogens with zero attached hydrogens (tertiary/aromatic N) is 2. The van der Waals surface area contributed by atoms with Crippen LogP contribution in [0.1, 0.15) is 23.0 Å². The van der Waals surface area contributed by atoms with Crippen LogP contribution in [-0.2, 0) is 11.3 Å². The third-order valence-electron chi connectivity index (χ3n) is 2.90. The summed E-state index contributed by atoms with van der Waals surface area (Å²) in [5.74, 6) is -0.683. The number of para-hydroxylation sites is 1. The minimum Gasteiger partial charge on any atom is -0.462 e. The Hall–Kier alpha value is -2.76. The first-order valence-electron chi connectivity index (χ1n) is 6.45. The first kappa shape index (κ1) is 14.6. The summed E-state index contributed by atoms with van der Waals surface area (Å²) < 4.78 is 6.16. The number of aromatic nitrogens is 1. The second kappa shape index (κ2) is 6.60. The molecule has 0 atom stereocenters. The minimum absolute atomic E-state index is 0.0737. The maximum absolute atomic E-state index is 12.5. The van der Waals surface area contributed by atoms with Crippen LogP contribution in [-0.4, -0.2) is 17.1 Å². The Morgan fingerprint density at radius 3 is 2.52 bits per heavy atom. The van der Waals surface area contributed by atoms with Gasteiger partial charge in [0.1, 0.15) is 12.1 Å². The molecule has 0 fully saturated rings. The maximum Gasteiger partial charge on any atom is 0.343 e. The van der Waals surface area contributed by atoms with Crippen molar-refractivity contribution < 1.29 is 9.53 Å². The second-order valence-corrected chi connectivity index (χ2v) is 4.22. The molecule has 0 saturated carbocycles. The van der Waals surface area contributed by atoms with E-state index in [0.717, 1.165) is 0 Å². The number of hydrogen-bond donors (Lipinski definition) is 0. The molecule has 0 radical (unpaired) electrons. The van der Waals surface area contributed by atoms with Gasteiger partial charge >= 0.3 is 5.97 Å². The van der Waals surface area contributed by atoms with E-state index in [4.69, 9.17) is 4.74 Å². The summed E-state index contributed by atoms with van der Waals surface area (Å²) in [6.45, 7) is 1.69. The Balaban J connectivity index is 2.64. The fourth-order valence-electron chi connectivity index (χ4n) is 1.99. The van der Waals surface area contributed by atoms with E-state index in [-0.39, 0.29) is 18.7 Å². The average molecular weight is 286 g/mol. The smallest absolute Gasteiger partial charge is 0.343 e. The second-order valence-electron chi connectivity index (χ2n) is 4.22. The van der Waals surface area contributed by atoms with Crippen LogP contribution < -0.4 is 5.56 Å². The number of nitroso groups, excluding NO2 is 1. The average Bonchev–Trinajstić information content (AvgIpc) is 2.49. The van der Waals surface area contributed by atoms with E-state index in [1.54, 1.807) is 37.3 Å². The van der Waals surface area contributed by atoms with E-state index in [9.17, 15) is 14.5 Å². The Labute approximate surface area is 121 Å². The van der Waals surface area contributed by atoms with Crippen LogP contribution in [0.4, 0.5) is 0 Å².